The highest BCUT2D eigenvalue weighted by Crippen LogP contribution is 2.35. The van der Waals surface area contributed by atoms with Crippen molar-refractivity contribution in [2.75, 3.05) is 18.2 Å². The summed E-state index contributed by atoms with van der Waals surface area (Å²) in [6.45, 7) is 1.87. The van der Waals surface area contributed by atoms with Gasteiger partial charge in [0.1, 0.15) is 5.75 Å². The molecule has 2 aromatic carbocycles. The Morgan fingerprint density at radius 1 is 1.33 bits per heavy atom. The number of amides is 1. The predicted octanol–water partition coefficient (Wildman–Crippen LogP) is 3.08. The summed E-state index contributed by atoms with van der Waals surface area (Å²) in [4.78, 5) is 11.5. The first-order valence-corrected chi connectivity index (χ1v) is 6.61. The van der Waals surface area contributed by atoms with E-state index in [0.717, 1.165) is 5.56 Å². The number of methoxy groups -OCH3 is 1. The molecule has 0 saturated heterocycles. The maximum Gasteiger partial charge on any atom is 0.250 e. The molecule has 0 heterocycles. The molecule has 2 aromatic rings. The Labute approximate surface area is 127 Å². The number of halogens is 1. The van der Waals surface area contributed by atoms with Crippen molar-refractivity contribution >= 4 is 34.6 Å². The van der Waals surface area contributed by atoms with Crippen molar-refractivity contribution in [2.24, 2.45) is 5.73 Å². The number of primary amides is 1. The van der Waals surface area contributed by atoms with Gasteiger partial charge in [-0.25, -0.2) is 0 Å². The largest absolute Gasteiger partial charge is 0.495 e. The number of aryl methyl sites for hydroxylation is 1. The van der Waals surface area contributed by atoms with Crippen LogP contribution in [0.3, 0.4) is 0 Å². The number of hydrogen-bond donors (Lipinski definition) is 3. The van der Waals surface area contributed by atoms with Gasteiger partial charge in [0.25, 0.3) is 5.91 Å². The van der Waals surface area contributed by atoms with Crippen LogP contribution in [0.15, 0.2) is 30.3 Å². The fourth-order valence-electron chi connectivity index (χ4n) is 1.98. The van der Waals surface area contributed by atoms with E-state index in [1.54, 1.807) is 24.3 Å². The van der Waals surface area contributed by atoms with E-state index in [1.165, 1.54) is 7.11 Å². The fraction of sp³-hybridized carbons (Fsp3) is 0.133. The van der Waals surface area contributed by atoms with Crippen molar-refractivity contribution in [3.05, 3.63) is 46.5 Å². The van der Waals surface area contributed by atoms with E-state index >= 15 is 0 Å². The molecule has 0 bridgehead atoms. The predicted molar refractivity (Wildman–Crippen MR) is 85.4 cm³/mol. The molecule has 5 nitrogen and oxygen atoms in total. The van der Waals surface area contributed by atoms with Gasteiger partial charge >= 0.3 is 0 Å². The van der Waals surface area contributed by atoms with Crippen LogP contribution in [-0.4, -0.2) is 13.0 Å². The molecule has 2 rings (SSSR count). The van der Waals surface area contributed by atoms with E-state index in [0.29, 0.717) is 33.4 Å². The Hall–Kier alpha value is -2.40. The molecular formula is C15H16ClN3O2. The third-order valence-electron chi connectivity index (χ3n) is 3.10. The average Bonchev–Trinajstić information content (AvgIpc) is 2.44. The molecule has 0 saturated carbocycles. The van der Waals surface area contributed by atoms with Gasteiger partial charge < -0.3 is 21.5 Å². The molecule has 1 amide bonds. The molecule has 0 unspecified atom stereocenters. The molecule has 0 aliphatic heterocycles. The SMILES string of the molecule is COc1cc(Cl)c(C)cc1Nc1c(N)cccc1C(N)=O. The third-order valence-corrected chi connectivity index (χ3v) is 3.51. The number of benzene rings is 2. The molecule has 0 fully saturated rings. The molecule has 0 aromatic heterocycles. The highest BCUT2D eigenvalue weighted by molar-refractivity contribution is 6.31. The zero-order valence-corrected chi connectivity index (χ0v) is 12.5. The smallest absolute Gasteiger partial charge is 0.250 e. The molecule has 0 aliphatic rings. The van der Waals surface area contributed by atoms with E-state index in [4.69, 9.17) is 27.8 Å². The Kier molecular flexibility index (Phi) is 4.23. The molecule has 21 heavy (non-hydrogen) atoms. The molecule has 5 N–H and O–H groups in total. The molecule has 0 radical (unpaired) electrons. The lowest BCUT2D eigenvalue weighted by molar-refractivity contribution is 0.100. The van der Waals surface area contributed by atoms with Gasteiger partial charge in [0.05, 0.1) is 29.7 Å². The van der Waals surface area contributed by atoms with E-state index in [9.17, 15) is 4.79 Å². The Bertz CT molecular complexity index is 702. The number of carbonyl (C=O) groups is 1. The summed E-state index contributed by atoms with van der Waals surface area (Å²) in [5.74, 6) is -0.0151. The van der Waals surface area contributed by atoms with Crippen molar-refractivity contribution in [3.8, 4) is 5.75 Å². The highest BCUT2D eigenvalue weighted by Gasteiger charge is 2.14. The van der Waals surface area contributed by atoms with Crippen molar-refractivity contribution in [3.63, 3.8) is 0 Å². The monoisotopic (exact) mass is 305 g/mol. The standard InChI is InChI=1S/C15H16ClN3O2/c1-8-6-12(13(21-2)7-10(8)16)19-14-9(15(18)20)4-3-5-11(14)17/h3-7,19H,17H2,1-2H3,(H2,18,20). The number of hydrogen-bond acceptors (Lipinski definition) is 4. The molecule has 0 aliphatic carbocycles. The Balaban J connectivity index is 2.53. The van der Waals surface area contributed by atoms with Gasteiger partial charge in [-0.05, 0) is 30.7 Å². The van der Waals surface area contributed by atoms with Crippen molar-refractivity contribution < 1.29 is 9.53 Å². The number of nitrogens with two attached hydrogens (primary N) is 2. The number of para-hydroxylation sites is 1. The minimum Gasteiger partial charge on any atom is -0.495 e. The third kappa shape index (κ3) is 3.03. The summed E-state index contributed by atoms with van der Waals surface area (Å²) in [6, 6.07) is 8.48. The number of carbonyl (C=O) groups excluding carboxylic acids is 1. The first-order chi connectivity index (χ1) is 9.93. The first-order valence-electron chi connectivity index (χ1n) is 6.23. The van der Waals surface area contributed by atoms with Gasteiger partial charge in [-0.2, -0.15) is 0 Å². The van der Waals surface area contributed by atoms with Crippen molar-refractivity contribution in [2.45, 2.75) is 6.92 Å². The van der Waals surface area contributed by atoms with Crippen LogP contribution in [0.25, 0.3) is 0 Å². The maximum atomic E-state index is 11.5. The van der Waals surface area contributed by atoms with Crippen LogP contribution >= 0.6 is 11.6 Å². The lowest BCUT2D eigenvalue weighted by Gasteiger charge is -2.16. The molecule has 0 atom stereocenters. The van der Waals surface area contributed by atoms with Crippen LogP contribution < -0.4 is 21.5 Å². The van der Waals surface area contributed by atoms with Crippen LogP contribution in [0.2, 0.25) is 5.02 Å². The van der Waals surface area contributed by atoms with Gasteiger partial charge in [0, 0.05) is 11.1 Å². The Morgan fingerprint density at radius 2 is 2.05 bits per heavy atom. The Morgan fingerprint density at radius 3 is 2.67 bits per heavy atom. The fourth-order valence-corrected chi connectivity index (χ4v) is 2.13. The lowest BCUT2D eigenvalue weighted by Crippen LogP contribution is -2.14. The summed E-state index contributed by atoms with van der Waals surface area (Å²) in [5, 5.41) is 3.69. The number of anilines is 3. The van der Waals surface area contributed by atoms with Crippen LogP contribution in [0.1, 0.15) is 15.9 Å². The second-order valence-electron chi connectivity index (χ2n) is 4.56. The van der Waals surface area contributed by atoms with Gasteiger partial charge in [0.2, 0.25) is 0 Å². The first kappa shape index (κ1) is 15.0. The second-order valence-corrected chi connectivity index (χ2v) is 4.97. The van der Waals surface area contributed by atoms with Crippen LogP contribution in [0.5, 0.6) is 5.75 Å². The minimum atomic E-state index is -0.561. The van der Waals surface area contributed by atoms with Crippen LogP contribution in [-0.2, 0) is 0 Å². The quantitative estimate of drug-likeness (QED) is 0.757. The molecule has 110 valence electrons. The number of nitrogen functional groups attached to an aromatic ring is 1. The molecule has 0 spiro atoms. The van der Waals surface area contributed by atoms with Gasteiger partial charge in [0.15, 0.2) is 0 Å². The van der Waals surface area contributed by atoms with E-state index in [-0.39, 0.29) is 0 Å². The second kappa shape index (κ2) is 5.93. The van der Waals surface area contributed by atoms with Crippen molar-refractivity contribution in [1.82, 2.24) is 0 Å². The van der Waals surface area contributed by atoms with E-state index in [1.807, 2.05) is 13.0 Å². The van der Waals surface area contributed by atoms with Gasteiger partial charge in [-0.1, -0.05) is 17.7 Å². The van der Waals surface area contributed by atoms with Gasteiger partial charge in [-0.3, -0.25) is 4.79 Å². The average molecular weight is 306 g/mol. The number of rotatable bonds is 4. The zero-order chi connectivity index (χ0) is 15.6. The summed E-state index contributed by atoms with van der Waals surface area (Å²) in [7, 11) is 1.54. The lowest BCUT2D eigenvalue weighted by atomic mass is 10.1. The normalized spacial score (nSPS) is 10.2. The van der Waals surface area contributed by atoms with Crippen molar-refractivity contribution in [1.29, 1.82) is 0 Å². The summed E-state index contributed by atoms with van der Waals surface area (Å²) < 4.78 is 5.29. The number of nitrogens with one attached hydrogen (secondary N) is 1. The van der Waals surface area contributed by atoms with Crippen LogP contribution in [0, 0.1) is 6.92 Å². The topological polar surface area (TPSA) is 90.4 Å². The van der Waals surface area contributed by atoms with E-state index in [2.05, 4.69) is 5.32 Å². The zero-order valence-electron chi connectivity index (χ0n) is 11.7. The molecule has 6 heteroatoms. The maximum absolute atomic E-state index is 11.5. The molecular weight excluding hydrogens is 290 g/mol. The summed E-state index contributed by atoms with van der Waals surface area (Å²) >= 11 is 6.07. The number of ether oxygens (including phenoxy) is 1. The highest BCUT2D eigenvalue weighted by atomic mass is 35.5. The van der Waals surface area contributed by atoms with E-state index < -0.39 is 5.91 Å². The summed E-state index contributed by atoms with van der Waals surface area (Å²) in [6.07, 6.45) is 0. The summed E-state index contributed by atoms with van der Waals surface area (Å²) in [5.41, 5.74) is 14.0. The minimum absolute atomic E-state index is 0.310. The van der Waals surface area contributed by atoms with Crippen LogP contribution in [0.4, 0.5) is 17.1 Å². The van der Waals surface area contributed by atoms with Gasteiger partial charge in [-0.15, -0.1) is 0 Å².